The van der Waals surface area contributed by atoms with Gasteiger partial charge in [-0.3, -0.25) is 4.79 Å². The van der Waals surface area contributed by atoms with Gasteiger partial charge in [0, 0.05) is 20.1 Å². The van der Waals surface area contributed by atoms with E-state index in [0.717, 1.165) is 5.56 Å². The maximum absolute atomic E-state index is 13.1. The lowest BCUT2D eigenvalue weighted by atomic mass is 10.1. The molecule has 0 fully saturated rings. The second-order valence-corrected chi connectivity index (χ2v) is 4.31. The second kappa shape index (κ2) is 6.72. The number of urea groups is 1. The Hall–Kier alpha value is -2.11. The molecule has 104 valence electrons. The van der Waals surface area contributed by atoms with Crippen LogP contribution in [0.2, 0.25) is 0 Å². The van der Waals surface area contributed by atoms with Gasteiger partial charge in [-0.1, -0.05) is 12.1 Å². The van der Waals surface area contributed by atoms with Crippen LogP contribution in [0.15, 0.2) is 18.2 Å². The minimum Gasteiger partial charge on any atom is -0.481 e. The van der Waals surface area contributed by atoms with E-state index in [-0.39, 0.29) is 31.4 Å². The number of nitrogens with one attached hydrogen (secondary N) is 1. The molecule has 0 unspecified atom stereocenters. The van der Waals surface area contributed by atoms with Crippen LogP contribution >= 0.6 is 0 Å². The van der Waals surface area contributed by atoms with Crippen molar-refractivity contribution in [1.29, 1.82) is 0 Å². The highest BCUT2D eigenvalue weighted by Crippen LogP contribution is 2.08. The van der Waals surface area contributed by atoms with Gasteiger partial charge in [-0.15, -0.1) is 0 Å². The number of carboxylic acids is 1. The summed E-state index contributed by atoms with van der Waals surface area (Å²) in [5.41, 5.74) is 1.31. The molecule has 0 aliphatic rings. The van der Waals surface area contributed by atoms with Gasteiger partial charge in [-0.25, -0.2) is 9.18 Å². The lowest BCUT2D eigenvalue weighted by Crippen LogP contribution is -2.38. The number of nitrogens with zero attached hydrogens (tertiary/aromatic N) is 1. The van der Waals surface area contributed by atoms with Crippen molar-refractivity contribution >= 4 is 12.0 Å². The van der Waals surface area contributed by atoms with Crippen molar-refractivity contribution in [2.24, 2.45) is 0 Å². The van der Waals surface area contributed by atoms with Crippen molar-refractivity contribution in [2.45, 2.75) is 19.9 Å². The first-order valence-corrected chi connectivity index (χ1v) is 5.86. The van der Waals surface area contributed by atoms with Gasteiger partial charge in [0.25, 0.3) is 0 Å². The van der Waals surface area contributed by atoms with Crippen LogP contribution in [-0.2, 0) is 11.3 Å². The Morgan fingerprint density at radius 2 is 2.11 bits per heavy atom. The smallest absolute Gasteiger partial charge is 0.317 e. The number of aryl methyl sites for hydroxylation is 1. The van der Waals surface area contributed by atoms with Crippen LogP contribution in [0.25, 0.3) is 0 Å². The van der Waals surface area contributed by atoms with Gasteiger partial charge in [-0.2, -0.15) is 0 Å². The first-order chi connectivity index (χ1) is 8.90. The maximum Gasteiger partial charge on any atom is 0.317 e. The number of hydrogen-bond donors (Lipinski definition) is 2. The van der Waals surface area contributed by atoms with E-state index in [9.17, 15) is 14.0 Å². The quantitative estimate of drug-likeness (QED) is 0.854. The summed E-state index contributed by atoms with van der Waals surface area (Å²) in [6.07, 6.45) is -0.0976. The number of rotatable bonds is 5. The zero-order chi connectivity index (χ0) is 14.4. The minimum atomic E-state index is -0.950. The third-order valence-electron chi connectivity index (χ3n) is 2.67. The molecule has 0 aliphatic carbocycles. The van der Waals surface area contributed by atoms with Gasteiger partial charge < -0.3 is 15.3 Å². The summed E-state index contributed by atoms with van der Waals surface area (Å²) in [6, 6.07) is 4.25. The summed E-state index contributed by atoms with van der Waals surface area (Å²) in [6.45, 7) is 2.07. The Balaban J connectivity index is 2.44. The van der Waals surface area contributed by atoms with Crippen molar-refractivity contribution in [3.63, 3.8) is 0 Å². The van der Waals surface area contributed by atoms with E-state index in [1.807, 2.05) is 0 Å². The second-order valence-electron chi connectivity index (χ2n) is 4.31. The van der Waals surface area contributed by atoms with Crippen LogP contribution in [0, 0.1) is 12.7 Å². The molecule has 2 N–H and O–H groups in total. The Kier molecular flexibility index (Phi) is 5.29. The molecule has 0 atom stereocenters. The van der Waals surface area contributed by atoms with E-state index in [1.165, 1.54) is 18.0 Å². The summed E-state index contributed by atoms with van der Waals surface area (Å²) in [7, 11) is 1.52. The molecule has 0 saturated heterocycles. The molecule has 0 aliphatic heterocycles. The fourth-order valence-corrected chi connectivity index (χ4v) is 1.49. The number of carboxylic acid groups (broad SMARTS) is 1. The van der Waals surface area contributed by atoms with Crippen LogP contribution in [0.5, 0.6) is 0 Å². The van der Waals surface area contributed by atoms with Crippen molar-refractivity contribution in [3.05, 3.63) is 35.1 Å². The fraction of sp³-hybridized carbons (Fsp3) is 0.385. The third kappa shape index (κ3) is 4.95. The topological polar surface area (TPSA) is 69.6 Å². The predicted octanol–water partition coefficient (Wildman–Crippen LogP) is 1.75. The number of aliphatic carboxylic acids is 1. The molecule has 0 aromatic heterocycles. The van der Waals surface area contributed by atoms with E-state index >= 15 is 0 Å². The minimum absolute atomic E-state index is 0.0976. The summed E-state index contributed by atoms with van der Waals surface area (Å²) < 4.78 is 13.1. The van der Waals surface area contributed by atoms with Gasteiger partial charge in [0.1, 0.15) is 5.82 Å². The number of carbonyl (C=O) groups is 2. The number of hydrogen-bond acceptors (Lipinski definition) is 2. The summed E-state index contributed by atoms with van der Waals surface area (Å²) in [4.78, 5) is 23.3. The summed E-state index contributed by atoms with van der Waals surface area (Å²) in [5.74, 6) is -1.23. The number of benzene rings is 1. The molecule has 1 aromatic rings. The molecule has 6 heteroatoms. The van der Waals surface area contributed by atoms with Crippen molar-refractivity contribution in [2.75, 3.05) is 13.6 Å². The Morgan fingerprint density at radius 1 is 1.42 bits per heavy atom. The van der Waals surface area contributed by atoms with Gasteiger partial charge in [0.2, 0.25) is 0 Å². The lowest BCUT2D eigenvalue weighted by molar-refractivity contribution is -0.137. The zero-order valence-corrected chi connectivity index (χ0v) is 10.9. The van der Waals surface area contributed by atoms with E-state index in [4.69, 9.17) is 5.11 Å². The average Bonchev–Trinajstić information content (AvgIpc) is 2.36. The predicted molar refractivity (Wildman–Crippen MR) is 68.3 cm³/mol. The van der Waals surface area contributed by atoms with Crippen molar-refractivity contribution in [1.82, 2.24) is 10.2 Å². The van der Waals surface area contributed by atoms with Crippen molar-refractivity contribution < 1.29 is 19.1 Å². The number of halogens is 1. The maximum atomic E-state index is 13.1. The van der Waals surface area contributed by atoms with Crippen molar-refractivity contribution in [3.8, 4) is 0 Å². The molecule has 0 heterocycles. The first kappa shape index (κ1) is 14.9. The Bertz CT molecular complexity index is 477. The monoisotopic (exact) mass is 268 g/mol. The highest BCUT2D eigenvalue weighted by Gasteiger charge is 2.09. The van der Waals surface area contributed by atoms with Crippen LogP contribution in [0.4, 0.5) is 9.18 Å². The zero-order valence-electron chi connectivity index (χ0n) is 10.9. The van der Waals surface area contributed by atoms with E-state index in [2.05, 4.69) is 5.32 Å². The fourth-order valence-electron chi connectivity index (χ4n) is 1.49. The molecule has 0 saturated carbocycles. The van der Waals surface area contributed by atoms with Gasteiger partial charge in [0.05, 0.1) is 6.42 Å². The molecule has 1 rings (SSSR count). The number of carbonyl (C=O) groups excluding carboxylic acids is 1. The molecule has 0 spiro atoms. The van der Waals surface area contributed by atoms with E-state index in [1.54, 1.807) is 19.1 Å². The van der Waals surface area contributed by atoms with Crippen LogP contribution in [0.3, 0.4) is 0 Å². The van der Waals surface area contributed by atoms with Crippen LogP contribution in [-0.4, -0.2) is 35.6 Å². The van der Waals surface area contributed by atoms with E-state index in [0.29, 0.717) is 5.56 Å². The Morgan fingerprint density at radius 3 is 2.68 bits per heavy atom. The molecule has 1 aromatic carbocycles. The van der Waals surface area contributed by atoms with Gasteiger partial charge in [0.15, 0.2) is 0 Å². The SMILES string of the molecule is Cc1cc(CNC(=O)N(C)CCC(=O)O)ccc1F. The highest BCUT2D eigenvalue weighted by atomic mass is 19.1. The third-order valence-corrected chi connectivity index (χ3v) is 2.67. The molecule has 0 radical (unpaired) electrons. The highest BCUT2D eigenvalue weighted by molar-refractivity contribution is 5.75. The van der Waals surface area contributed by atoms with Gasteiger partial charge in [-0.05, 0) is 24.1 Å². The van der Waals surface area contributed by atoms with E-state index < -0.39 is 5.97 Å². The molecular weight excluding hydrogens is 251 g/mol. The molecule has 19 heavy (non-hydrogen) atoms. The van der Waals surface area contributed by atoms with Crippen LogP contribution < -0.4 is 5.32 Å². The first-order valence-electron chi connectivity index (χ1n) is 5.86. The standard InChI is InChI=1S/C13H17FN2O3/c1-9-7-10(3-4-11(9)14)8-15-13(19)16(2)6-5-12(17)18/h3-4,7H,5-6,8H2,1-2H3,(H,15,19)(H,17,18). The largest absolute Gasteiger partial charge is 0.481 e. The van der Waals surface area contributed by atoms with Crippen LogP contribution in [0.1, 0.15) is 17.5 Å². The summed E-state index contributed by atoms with van der Waals surface area (Å²) >= 11 is 0. The normalized spacial score (nSPS) is 10.1. The molecule has 2 amide bonds. The molecular formula is C13H17FN2O3. The number of amides is 2. The molecule has 5 nitrogen and oxygen atoms in total. The Labute approximate surface area is 111 Å². The lowest BCUT2D eigenvalue weighted by Gasteiger charge is -2.17. The average molecular weight is 268 g/mol. The summed E-state index contributed by atoms with van der Waals surface area (Å²) in [5, 5.41) is 11.2. The molecule has 0 bridgehead atoms. The van der Waals surface area contributed by atoms with Gasteiger partial charge >= 0.3 is 12.0 Å².